The van der Waals surface area contributed by atoms with Crippen molar-refractivity contribution < 1.29 is 19.4 Å². The Morgan fingerprint density at radius 1 is 1.57 bits per heavy atom. The van der Waals surface area contributed by atoms with E-state index in [-0.39, 0.29) is 30.8 Å². The van der Waals surface area contributed by atoms with E-state index in [0.29, 0.717) is 0 Å². The molecule has 3 atom stereocenters. The van der Waals surface area contributed by atoms with Gasteiger partial charge in [-0.05, 0) is 13.8 Å². The zero-order valence-electron chi connectivity index (χ0n) is 8.69. The monoisotopic (exact) mass is 203 g/mol. The van der Waals surface area contributed by atoms with Crippen LogP contribution in [0.25, 0.3) is 0 Å². The summed E-state index contributed by atoms with van der Waals surface area (Å²) in [7, 11) is 1.51. The van der Waals surface area contributed by atoms with Gasteiger partial charge in [0.25, 0.3) is 0 Å². The van der Waals surface area contributed by atoms with Crippen molar-refractivity contribution in [2.45, 2.75) is 38.1 Å². The maximum Gasteiger partial charge on any atom is 0.325 e. The minimum absolute atomic E-state index is 0.120. The second-order valence-electron chi connectivity index (χ2n) is 3.68. The molecule has 14 heavy (non-hydrogen) atoms. The van der Waals surface area contributed by atoms with Gasteiger partial charge < -0.3 is 14.6 Å². The lowest BCUT2D eigenvalue weighted by molar-refractivity contribution is -0.147. The molecule has 0 aliphatic carbocycles. The lowest BCUT2D eigenvalue weighted by Crippen LogP contribution is -2.27. The summed E-state index contributed by atoms with van der Waals surface area (Å²) in [6, 6.07) is -0.594. The van der Waals surface area contributed by atoms with Crippen LogP contribution in [0.3, 0.4) is 0 Å². The van der Waals surface area contributed by atoms with E-state index in [1.165, 1.54) is 7.11 Å². The maximum absolute atomic E-state index is 11.3. The van der Waals surface area contributed by atoms with Gasteiger partial charge in [-0.1, -0.05) is 0 Å². The van der Waals surface area contributed by atoms with Crippen LogP contribution in [-0.2, 0) is 14.3 Å². The van der Waals surface area contributed by atoms with Crippen LogP contribution < -0.4 is 5.32 Å². The number of esters is 1. The summed E-state index contributed by atoms with van der Waals surface area (Å²) in [5.41, 5.74) is 0. The van der Waals surface area contributed by atoms with Gasteiger partial charge in [-0.15, -0.1) is 0 Å². The zero-order valence-corrected chi connectivity index (χ0v) is 8.69. The van der Waals surface area contributed by atoms with E-state index in [9.17, 15) is 9.90 Å². The Labute approximate surface area is 83.4 Å². The predicted molar refractivity (Wildman–Crippen MR) is 49.8 cm³/mol. The van der Waals surface area contributed by atoms with Gasteiger partial charge in [0, 0.05) is 7.11 Å². The van der Waals surface area contributed by atoms with Gasteiger partial charge in [0.05, 0.1) is 24.9 Å². The second kappa shape index (κ2) is 4.72. The highest BCUT2D eigenvalue weighted by Crippen LogP contribution is 2.17. The van der Waals surface area contributed by atoms with Crippen molar-refractivity contribution in [3.8, 4) is 0 Å². The largest absolute Gasteiger partial charge is 0.462 e. The SMILES string of the molecule is COC[C@@H](O)[C@@H]1N[C@@H]1C(=O)OC(C)C. The summed E-state index contributed by atoms with van der Waals surface area (Å²) in [5, 5.41) is 12.3. The molecule has 0 saturated carbocycles. The fraction of sp³-hybridized carbons (Fsp3) is 0.889. The molecule has 0 unspecified atom stereocenters. The third-order valence-corrected chi connectivity index (χ3v) is 1.98. The van der Waals surface area contributed by atoms with Crippen LogP contribution in [0, 0.1) is 0 Å². The third kappa shape index (κ3) is 2.94. The average molecular weight is 203 g/mol. The van der Waals surface area contributed by atoms with Crippen molar-refractivity contribution in [2.24, 2.45) is 0 Å². The number of aliphatic hydroxyl groups is 1. The number of rotatable bonds is 5. The molecule has 0 spiro atoms. The molecular weight excluding hydrogens is 186 g/mol. The van der Waals surface area contributed by atoms with E-state index < -0.39 is 6.10 Å². The van der Waals surface area contributed by atoms with Crippen LogP contribution in [0.2, 0.25) is 0 Å². The van der Waals surface area contributed by atoms with Gasteiger partial charge in [-0.3, -0.25) is 10.1 Å². The van der Waals surface area contributed by atoms with E-state index in [1.54, 1.807) is 13.8 Å². The third-order valence-electron chi connectivity index (χ3n) is 1.98. The van der Waals surface area contributed by atoms with Gasteiger partial charge in [0.2, 0.25) is 0 Å². The molecule has 1 aliphatic rings. The Bertz CT molecular complexity index is 207. The molecule has 1 aliphatic heterocycles. The van der Waals surface area contributed by atoms with Crippen LogP contribution >= 0.6 is 0 Å². The molecule has 1 rings (SSSR count). The quantitative estimate of drug-likeness (QED) is 0.455. The molecule has 1 saturated heterocycles. The highest BCUT2D eigenvalue weighted by Gasteiger charge is 2.48. The Balaban J connectivity index is 2.27. The number of hydrogen-bond donors (Lipinski definition) is 2. The minimum atomic E-state index is -0.648. The highest BCUT2D eigenvalue weighted by atomic mass is 16.5. The zero-order chi connectivity index (χ0) is 10.7. The van der Waals surface area contributed by atoms with Gasteiger partial charge in [0.1, 0.15) is 6.04 Å². The van der Waals surface area contributed by atoms with Crippen molar-refractivity contribution in [1.29, 1.82) is 0 Å². The topological polar surface area (TPSA) is 77.7 Å². The molecule has 1 heterocycles. The van der Waals surface area contributed by atoms with Gasteiger partial charge in [-0.25, -0.2) is 0 Å². The first-order chi connectivity index (χ1) is 6.56. The van der Waals surface area contributed by atoms with Crippen molar-refractivity contribution in [3.05, 3.63) is 0 Å². The van der Waals surface area contributed by atoms with Crippen molar-refractivity contribution in [3.63, 3.8) is 0 Å². The lowest BCUT2D eigenvalue weighted by Gasteiger charge is -2.08. The summed E-state index contributed by atoms with van der Waals surface area (Å²) in [5.74, 6) is -0.305. The molecule has 5 heteroatoms. The molecule has 0 amide bonds. The summed E-state index contributed by atoms with van der Waals surface area (Å²) in [6.07, 6.45) is -0.769. The number of aliphatic hydroxyl groups excluding tert-OH is 1. The Kier molecular flexibility index (Phi) is 3.86. The first kappa shape index (κ1) is 11.4. The number of carbonyl (C=O) groups excluding carboxylic acids is 1. The van der Waals surface area contributed by atoms with E-state index in [2.05, 4.69) is 5.32 Å². The summed E-state index contributed by atoms with van der Waals surface area (Å²) in [4.78, 5) is 11.3. The van der Waals surface area contributed by atoms with E-state index in [0.717, 1.165) is 0 Å². The van der Waals surface area contributed by atoms with Crippen LogP contribution in [0.4, 0.5) is 0 Å². The van der Waals surface area contributed by atoms with E-state index in [4.69, 9.17) is 9.47 Å². The molecule has 0 bridgehead atoms. The van der Waals surface area contributed by atoms with Crippen LogP contribution in [-0.4, -0.2) is 49.1 Å². The second-order valence-corrected chi connectivity index (χ2v) is 3.68. The van der Waals surface area contributed by atoms with Gasteiger partial charge in [0.15, 0.2) is 0 Å². The van der Waals surface area contributed by atoms with E-state index >= 15 is 0 Å². The molecule has 5 nitrogen and oxygen atoms in total. The molecule has 0 aromatic rings. The number of ether oxygens (including phenoxy) is 2. The minimum Gasteiger partial charge on any atom is -0.462 e. The number of methoxy groups -OCH3 is 1. The molecule has 1 fully saturated rings. The molecule has 82 valence electrons. The first-order valence-corrected chi connectivity index (χ1v) is 4.69. The molecule has 2 N–H and O–H groups in total. The van der Waals surface area contributed by atoms with Crippen LogP contribution in [0.5, 0.6) is 0 Å². The number of nitrogens with one attached hydrogen (secondary N) is 1. The maximum atomic E-state index is 11.3. The van der Waals surface area contributed by atoms with Gasteiger partial charge in [-0.2, -0.15) is 0 Å². The van der Waals surface area contributed by atoms with Gasteiger partial charge >= 0.3 is 5.97 Å². The first-order valence-electron chi connectivity index (χ1n) is 4.69. The van der Waals surface area contributed by atoms with Crippen molar-refractivity contribution >= 4 is 5.97 Å². The lowest BCUT2D eigenvalue weighted by atomic mass is 10.2. The summed E-state index contributed by atoms with van der Waals surface area (Å²) in [6.45, 7) is 3.81. The summed E-state index contributed by atoms with van der Waals surface area (Å²) < 4.78 is 9.75. The molecule has 0 aromatic heterocycles. The Morgan fingerprint density at radius 3 is 2.71 bits per heavy atom. The number of carbonyl (C=O) groups is 1. The summed E-state index contributed by atoms with van der Waals surface area (Å²) >= 11 is 0. The molecule has 0 radical (unpaired) electrons. The predicted octanol–water partition coefficient (Wildman–Crippen LogP) is -0.714. The van der Waals surface area contributed by atoms with Crippen LogP contribution in [0.1, 0.15) is 13.8 Å². The van der Waals surface area contributed by atoms with E-state index in [1.807, 2.05) is 0 Å². The fourth-order valence-corrected chi connectivity index (χ4v) is 1.28. The molecule has 0 aromatic carbocycles. The van der Waals surface area contributed by atoms with Crippen molar-refractivity contribution in [2.75, 3.05) is 13.7 Å². The Hall–Kier alpha value is -0.650. The number of hydrogen-bond acceptors (Lipinski definition) is 5. The average Bonchev–Trinajstić information content (AvgIpc) is 2.81. The standard InChI is InChI=1S/C9H17NO4/c1-5(2)14-9(12)8-7(10-8)6(11)4-13-3/h5-8,10-11H,4H2,1-3H3/t6-,7+,8+/m1/s1. The van der Waals surface area contributed by atoms with Crippen LogP contribution in [0.15, 0.2) is 0 Å². The highest BCUT2D eigenvalue weighted by molar-refractivity contribution is 5.80. The molecular formula is C9H17NO4. The fourth-order valence-electron chi connectivity index (χ4n) is 1.28. The van der Waals surface area contributed by atoms with Crippen molar-refractivity contribution in [1.82, 2.24) is 5.32 Å². The Morgan fingerprint density at radius 2 is 2.21 bits per heavy atom. The normalized spacial score (nSPS) is 27.5. The smallest absolute Gasteiger partial charge is 0.325 e.